The molecule has 1 atom stereocenters. The number of methoxy groups -OCH3 is 1. The number of halogens is 2. The summed E-state index contributed by atoms with van der Waals surface area (Å²) >= 11 is 12.6. The quantitative estimate of drug-likeness (QED) is 0.185. The van der Waals surface area contributed by atoms with E-state index in [1.54, 1.807) is 0 Å². The zero-order valence-electron chi connectivity index (χ0n) is 21.6. The maximum atomic E-state index is 13.4. The van der Waals surface area contributed by atoms with Gasteiger partial charge in [0.15, 0.2) is 5.75 Å². The zero-order chi connectivity index (χ0) is 27.6. The molecular weight excluding hydrogens is 525 g/mol. The van der Waals surface area contributed by atoms with Crippen LogP contribution in [0.5, 0.6) is 11.5 Å². The Morgan fingerprint density at radius 2 is 1.68 bits per heavy atom. The van der Waals surface area contributed by atoms with Gasteiger partial charge < -0.3 is 19.5 Å². The number of likely N-dealkylation sites (tertiary alicyclic amines) is 1. The highest BCUT2D eigenvalue weighted by atomic mass is 35.5. The summed E-state index contributed by atoms with van der Waals surface area (Å²) in [6, 6.07) is 17.0. The molecule has 1 unspecified atom stereocenters. The molecular formula is C30H29Cl2NO5. The van der Waals surface area contributed by atoms with Crippen molar-refractivity contribution in [3.8, 4) is 11.5 Å². The fourth-order valence-corrected chi connectivity index (χ4v) is 5.07. The minimum atomic E-state index is -0.813. The molecule has 1 heterocycles. The molecule has 1 aliphatic heterocycles. The summed E-state index contributed by atoms with van der Waals surface area (Å²) in [7, 11) is 1.43. The summed E-state index contributed by atoms with van der Waals surface area (Å²) in [5.74, 6) is -0.472. The standard InChI is InChI=1S/C30H29Cl2NO5/c1-17(2)16-38-22-10-8-19(9-11-22)15-33-26(20-7-5-6-18(3)12-20)25(28(35)30(33)36)27(34)21-13-23(31)29(37-4)24(32)14-21/h5-14,17,26,34H,15-16H2,1-4H3/b27-25+. The minimum absolute atomic E-state index is 0.0326. The van der Waals surface area contributed by atoms with Crippen molar-refractivity contribution >= 4 is 40.7 Å². The number of aliphatic hydroxyl groups is 1. The van der Waals surface area contributed by atoms with Gasteiger partial charge in [-0.3, -0.25) is 9.59 Å². The Kier molecular flexibility index (Phi) is 8.34. The number of rotatable bonds is 8. The number of Topliss-reactive ketones (excluding diaryl/α,β-unsaturated/α-hetero) is 1. The molecule has 0 bridgehead atoms. The molecule has 38 heavy (non-hydrogen) atoms. The molecule has 1 fully saturated rings. The largest absolute Gasteiger partial charge is 0.507 e. The lowest BCUT2D eigenvalue weighted by Crippen LogP contribution is -2.29. The molecule has 1 saturated heterocycles. The molecule has 4 rings (SSSR count). The first-order valence-corrected chi connectivity index (χ1v) is 13.0. The van der Waals surface area contributed by atoms with E-state index in [-0.39, 0.29) is 39.2 Å². The third-order valence-corrected chi connectivity index (χ3v) is 6.79. The van der Waals surface area contributed by atoms with E-state index in [0.29, 0.717) is 18.1 Å². The summed E-state index contributed by atoms with van der Waals surface area (Å²) in [6.45, 7) is 6.83. The van der Waals surface area contributed by atoms with E-state index in [2.05, 4.69) is 13.8 Å². The number of hydrogen-bond acceptors (Lipinski definition) is 5. The van der Waals surface area contributed by atoms with Crippen molar-refractivity contribution in [1.82, 2.24) is 4.90 Å². The number of aryl methyl sites for hydroxylation is 1. The smallest absolute Gasteiger partial charge is 0.295 e. The lowest BCUT2D eigenvalue weighted by molar-refractivity contribution is -0.140. The molecule has 6 nitrogen and oxygen atoms in total. The number of aliphatic hydroxyl groups excluding tert-OH is 1. The number of benzene rings is 3. The minimum Gasteiger partial charge on any atom is -0.507 e. The summed E-state index contributed by atoms with van der Waals surface area (Å²) in [6.07, 6.45) is 0. The number of carbonyl (C=O) groups excluding carboxylic acids is 2. The van der Waals surface area contributed by atoms with E-state index in [0.717, 1.165) is 16.9 Å². The van der Waals surface area contributed by atoms with Crippen LogP contribution in [-0.2, 0) is 16.1 Å². The average Bonchev–Trinajstić information content (AvgIpc) is 3.12. The Balaban J connectivity index is 1.77. The molecule has 3 aromatic carbocycles. The number of ether oxygens (including phenoxy) is 2. The average molecular weight is 554 g/mol. The Hall–Kier alpha value is -3.48. The van der Waals surface area contributed by atoms with Crippen molar-refractivity contribution in [3.63, 3.8) is 0 Å². The summed E-state index contributed by atoms with van der Waals surface area (Å²) < 4.78 is 11.0. The first-order valence-electron chi connectivity index (χ1n) is 12.2. The van der Waals surface area contributed by atoms with Crippen LogP contribution in [0.4, 0.5) is 0 Å². The van der Waals surface area contributed by atoms with E-state index in [1.165, 1.54) is 24.1 Å². The Morgan fingerprint density at radius 1 is 1.03 bits per heavy atom. The topological polar surface area (TPSA) is 76.1 Å². The van der Waals surface area contributed by atoms with Crippen LogP contribution in [0.3, 0.4) is 0 Å². The normalized spacial score (nSPS) is 16.8. The van der Waals surface area contributed by atoms with Crippen molar-refractivity contribution in [2.24, 2.45) is 5.92 Å². The molecule has 8 heteroatoms. The van der Waals surface area contributed by atoms with Gasteiger partial charge in [-0.2, -0.15) is 0 Å². The third kappa shape index (κ3) is 5.66. The predicted octanol–water partition coefficient (Wildman–Crippen LogP) is 6.97. The molecule has 1 N–H and O–H groups in total. The number of hydrogen-bond donors (Lipinski definition) is 1. The molecule has 3 aromatic rings. The van der Waals surface area contributed by atoms with E-state index < -0.39 is 17.7 Å². The summed E-state index contributed by atoms with van der Waals surface area (Å²) in [5.41, 5.74) is 2.65. The van der Waals surface area contributed by atoms with Gasteiger partial charge in [0, 0.05) is 12.1 Å². The highest BCUT2D eigenvalue weighted by Gasteiger charge is 2.46. The van der Waals surface area contributed by atoms with Crippen LogP contribution in [0.1, 0.15) is 42.1 Å². The van der Waals surface area contributed by atoms with Gasteiger partial charge in [-0.25, -0.2) is 0 Å². The van der Waals surface area contributed by atoms with Gasteiger partial charge in [-0.1, -0.05) is 79.0 Å². The third-order valence-electron chi connectivity index (χ3n) is 6.23. The number of ketones is 1. The Morgan fingerprint density at radius 3 is 2.26 bits per heavy atom. The lowest BCUT2D eigenvalue weighted by atomic mass is 9.94. The zero-order valence-corrected chi connectivity index (χ0v) is 23.1. The number of carbonyl (C=O) groups is 2. The second kappa shape index (κ2) is 11.5. The van der Waals surface area contributed by atoms with E-state index in [4.69, 9.17) is 32.7 Å². The maximum absolute atomic E-state index is 13.4. The van der Waals surface area contributed by atoms with Crippen LogP contribution >= 0.6 is 23.2 Å². The second-order valence-corrected chi connectivity index (χ2v) is 10.5. The van der Waals surface area contributed by atoms with Gasteiger partial charge in [0.1, 0.15) is 11.5 Å². The molecule has 1 aliphatic rings. The van der Waals surface area contributed by atoms with Crippen molar-refractivity contribution in [2.45, 2.75) is 33.4 Å². The molecule has 0 saturated carbocycles. The van der Waals surface area contributed by atoms with E-state index >= 15 is 0 Å². The first kappa shape index (κ1) is 27.6. The van der Waals surface area contributed by atoms with Crippen LogP contribution in [0, 0.1) is 12.8 Å². The fourth-order valence-electron chi connectivity index (χ4n) is 4.43. The van der Waals surface area contributed by atoms with Gasteiger partial charge >= 0.3 is 0 Å². The summed E-state index contributed by atoms with van der Waals surface area (Å²) in [4.78, 5) is 28.2. The molecule has 0 radical (unpaired) electrons. The monoisotopic (exact) mass is 553 g/mol. The van der Waals surface area contributed by atoms with Crippen molar-refractivity contribution in [2.75, 3.05) is 13.7 Å². The number of amides is 1. The second-order valence-electron chi connectivity index (χ2n) is 9.66. The highest BCUT2D eigenvalue weighted by Crippen LogP contribution is 2.42. The molecule has 0 aromatic heterocycles. The van der Waals surface area contributed by atoms with Crippen LogP contribution < -0.4 is 9.47 Å². The van der Waals surface area contributed by atoms with Crippen LogP contribution in [0.15, 0.2) is 66.2 Å². The fraction of sp³-hybridized carbons (Fsp3) is 0.267. The van der Waals surface area contributed by atoms with Gasteiger partial charge in [0.2, 0.25) is 0 Å². The molecule has 0 spiro atoms. The van der Waals surface area contributed by atoms with E-state index in [1.807, 2.05) is 55.5 Å². The van der Waals surface area contributed by atoms with Crippen LogP contribution in [-0.4, -0.2) is 35.4 Å². The van der Waals surface area contributed by atoms with Gasteiger partial charge in [0.25, 0.3) is 11.7 Å². The maximum Gasteiger partial charge on any atom is 0.295 e. The molecule has 1 amide bonds. The summed E-state index contributed by atoms with van der Waals surface area (Å²) in [5, 5.41) is 11.7. The predicted molar refractivity (Wildman–Crippen MR) is 149 cm³/mol. The van der Waals surface area contributed by atoms with Gasteiger partial charge in [0.05, 0.1) is 35.4 Å². The Labute approximate surface area is 232 Å². The van der Waals surface area contributed by atoms with E-state index in [9.17, 15) is 14.7 Å². The van der Waals surface area contributed by atoms with Crippen molar-refractivity contribution in [1.29, 1.82) is 0 Å². The lowest BCUT2D eigenvalue weighted by Gasteiger charge is -2.26. The highest BCUT2D eigenvalue weighted by molar-refractivity contribution is 6.46. The van der Waals surface area contributed by atoms with Gasteiger partial charge in [-0.15, -0.1) is 0 Å². The van der Waals surface area contributed by atoms with Crippen LogP contribution in [0.25, 0.3) is 5.76 Å². The van der Waals surface area contributed by atoms with Crippen molar-refractivity contribution in [3.05, 3.63) is 98.5 Å². The van der Waals surface area contributed by atoms with Gasteiger partial charge in [-0.05, 0) is 48.2 Å². The Bertz CT molecular complexity index is 1380. The number of nitrogens with zero attached hydrogens (tertiary/aromatic N) is 1. The molecule has 0 aliphatic carbocycles. The van der Waals surface area contributed by atoms with Crippen molar-refractivity contribution < 1.29 is 24.2 Å². The van der Waals surface area contributed by atoms with Crippen LogP contribution in [0.2, 0.25) is 10.0 Å². The SMILES string of the molecule is COc1c(Cl)cc(/C(O)=C2\C(=O)C(=O)N(Cc3ccc(OCC(C)C)cc3)C2c2cccc(C)c2)cc1Cl. The first-order chi connectivity index (χ1) is 18.1. The molecule has 198 valence electrons.